The molecule has 0 saturated carbocycles. The van der Waals surface area contributed by atoms with Crippen LogP contribution >= 0.6 is 11.3 Å². The maximum atomic E-state index is 13.0. The molecule has 0 bridgehead atoms. The second-order valence-electron chi connectivity index (χ2n) is 7.46. The first kappa shape index (κ1) is 21.1. The maximum absolute atomic E-state index is 13.0. The molecular weight excluding hydrogens is 412 g/mol. The van der Waals surface area contributed by atoms with Gasteiger partial charge in [-0.3, -0.25) is 9.59 Å². The lowest BCUT2D eigenvalue weighted by atomic mass is 9.88. The van der Waals surface area contributed by atoms with Crippen LogP contribution in [0.25, 0.3) is 0 Å². The van der Waals surface area contributed by atoms with E-state index in [1.54, 1.807) is 49.0 Å². The summed E-state index contributed by atoms with van der Waals surface area (Å²) in [5, 5.41) is 1.94. The SMILES string of the molecule is COc1ccc(C(=O)C2CCN(C(=O)c3cccc(OCc4cscn4)c3)CC2)cc1. The van der Waals surface area contributed by atoms with Crippen LogP contribution in [0.5, 0.6) is 11.5 Å². The summed E-state index contributed by atoms with van der Waals surface area (Å²) in [6.07, 6.45) is 1.33. The molecule has 1 saturated heterocycles. The number of methoxy groups -OCH3 is 1. The fourth-order valence-electron chi connectivity index (χ4n) is 3.70. The van der Waals surface area contributed by atoms with Gasteiger partial charge in [0.1, 0.15) is 18.1 Å². The van der Waals surface area contributed by atoms with E-state index in [-0.39, 0.29) is 17.6 Å². The fraction of sp³-hybridized carbons (Fsp3) is 0.292. The molecule has 0 spiro atoms. The van der Waals surface area contributed by atoms with Gasteiger partial charge in [-0.15, -0.1) is 11.3 Å². The number of ether oxygens (including phenoxy) is 2. The summed E-state index contributed by atoms with van der Waals surface area (Å²) in [7, 11) is 1.60. The highest BCUT2D eigenvalue weighted by Gasteiger charge is 2.28. The normalized spacial score (nSPS) is 14.3. The highest BCUT2D eigenvalue weighted by Crippen LogP contribution is 2.25. The Labute approximate surface area is 185 Å². The predicted octanol–water partition coefficient (Wildman–Crippen LogP) is 4.47. The monoisotopic (exact) mass is 436 g/mol. The number of hydrogen-bond acceptors (Lipinski definition) is 6. The molecule has 0 unspecified atom stereocenters. The van der Waals surface area contributed by atoms with Crippen LogP contribution in [-0.4, -0.2) is 41.8 Å². The van der Waals surface area contributed by atoms with Crippen molar-refractivity contribution in [2.75, 3.05) is 20.2 Å². The summed E-state index contributed by atoms with van der Waals surface area (Å²) in [6, 6.07) is 14.4. The van der Waals surface area contributed by atoms with Crippen LogP contribution in [0, 0.1) is 5.92 Å². The molecule has 1 aliphatic heterocycles. The molecule has 1 aromatic heterocycles. The second-order valence-corrected chi connectivity index (χ2v) is 8.17. The van der Waals surface area contributed by atoms with Crippen LogP contribution in [0.3, 0.4) is 0 Å². The van der Waals surface area contributed by atoms with Gasteiger partial charge in [-0.1, -0.05) is 6.07 Å². The molecule has 0 radical (unpaired) electrons. The van der Waals surface area contributed by atoms with Crippen LogP contribution in [0.1, 0.15) is 39.3 Å². The van der Waals surface area contributed by atoms with Gasteiger partial charge in [-0.05, 0) is 55.3 Å². The van der Waals surface area contributed by atoms with Crippen LogP contribution in [-0.2, 0) is 6.61 Å². The molecule has 1 aliphatic rings. The van der Waals surface area contributed by atoms with Gasteiger partial charge in [-0.25, -0.2) is 4.98 Å². The Balaban J connectivity index is 1.33. The Kier molecular flexibility index (Phi) is 6.62. The Morgan fingerprint density at radius 2 is 1.84 bits per heavy atom. The molecule has 2 heterocycles. The van der Waals surface area contributed by atoms with Crippen molar-refractivity contribution in [3.63, 3.8) is 0 Å². The molecule has 0 N–H and O–H groups in total. The molecule has 4 rings (SSSR count). The number of carbonyl (C=O) groups excluding carboxylic acids is 2. The minimum atomic E-state index is -0.0646. The quantitative estimate of drug-likeness (QED) is 0.511. The number of likely N-dealkylation sites (tertiary alicyclic amines) is 1. The largest absolute Gasteiger partial charge is 0.497 e. The van der Waals surface area contributed by atoms with E-state index in [1.165, 1.54) is 11.3 Å². The summed E-state index contributed by atoms with van der Waals surface area (Å²) < 4.78 is 10.9. The van der Waals surface area contributed by atoms with E-state index in [0.29, 0.717) is 49.4 Å². The van der Waals surface area contributed by atoms with Crippen LogP contribution in [0.2, 0.25) is 0 Å². The number of hydrogen-bond donors (Lipinski definition) is 0. The van der Waals surface area contributed by atoms with E-state index in [9.17, 15) is 9.59 Å². The number of ketones is 1. The number of amides is 1. The maximum Gasteiger partial charge on any atom is 0.253 e. The Morgan fingerprint density at radius 1 is 1.06 bits per heavy atom. The molecule has 3 aromatic rings. The third-order valence-corrected chi connectivity index (χ3v) is 6.11. The first-order valence-corrected chi connectivity index (χ1v) is 11.2. The second kappa shape index (κ2) is 9.75. The van der Waals surface area contributed by atoms with Gasteiger partial charge in [0.25, 0.3) is 5.91 Å². The van der Waals surface area contributed by atoms with Crippen LogP contribution < -0.4 is 9.47 Å². The number of thiazole rings is 1. The lowest BCUT2D eigenvalue weighted by molar-refractivity contribution is 0.0650. The van der Waals surface area contributed by atoms with E-state index in [2.05, 4.69) is 4.98 Å². The topological polar surface area (TPSA) is 68.7 Å². The fourth-order valence-corrected chi connectivity index (χ4v) is 4.25. The lowest BCUT2D eigenvalue weighted by Gasteiger charge is -2.31. The van der Waals surface area contributed by atoms with Gasteiger partial charge in [0.15, 0.2) is 5.78 Å². The Hall–Kier alpha value is -3.19. The van der Waals surface area contributed by atoms with Gasteiger partial charge in [-0.2, -0.15) is 0 Å². The molecule has 1 fully saturated rings. The zero-order chi connectivity index (χ0) is 21.6. The van der Waals surface area contributed by atoms with Crippen molar-refractivity contribution in [2.24, 2.45) is 5.92 Å². The summed E-state index contributed by atoms with van der Waals surface area (Å²) >= 11 is 1.52. The molecule has 0 aliphatic carbocycles. The Bertz CT molecular complexity index is 1030. The summed E-state index contributed by atoms with van der Waals surface area (Å²) in [5.41, 5.74) is 3.92. The minimum absolute atomic E-state index is 0.0329. The van der Waals surface area contributed by atoms with E-state index in [0.717, 1.165) is 11.4 Å². The predicted molar refractivity (Wildman–Crippen MR) is 119 cm³/mol. The highest BCUT2D eigenvalue weighted by molar-refractivity contribution is 7.07. The number of aromatic nitrogens is 1. The van der Waals surface area contributed by atoms with Crippen molar-refractivity contribution >= 4 is 23.0 Å². The smallest absolute Gasteiger partial charge is 0.253 e. The zero-order valence-electron chi connectivity index (χ0n) is 17.3. The number of carbonyl (C=O) groups is 2. The van der Waals surface area contributed by atoms with Crippen molar-refractivity contribution in [3.8, 4) is 11.5 Å². The molecule has 1 amide bonds. The van der Waals surface area contributed by atoms with Gasteiger partial charge in [0, 0.05) is 35.5 Å². The van der Waals surface area contributed by atoms with Crippen molar-refractivity contribution in [1.29, 1.82) is 0 Å². The average molecular weight is 437 g/mol. The zero-order valence-corrected chi connectivity index (χ0v) is 18.1. The average Bonchev–Trinajstić information content (AvgIpc) is 3.36. The molecule has 31 heavy (non-hydrogen) atoms. The van der Waals surface area contributed by atoms with E-state index in [4.69, 9.17) is 9.47 Å². The van der Waals surface area contributed by atoms with Crippen LogP contribution in [0.4, 0.5) is 0 Å². The number of benzene rings is 2. The molecule has 160 valence electrons. The van der Waals surface area contributed by atoms with Crippen molar-refractivity contribution in [1.82, 2.24) is 9.88 Å². The van der Waals surface area contributed by atoms with Gasteiger partial charge in [0.2, 0.25) is 0 Å². The lowest BCUT2D eigenvalue weighted by Crippen LogP contribution is -2.40. The van der Waals surface area contributed by atoms with E-state index >= 15 is 0 Å². The number of piperidine rings is 1. The number of nitrogens with zero attached hydrogens (tertiary/aromatic N) is 2. The third kappa shape index (κ3) is 5.11. The first-order valence-electron chi connectivity index (χ1n) is 10.2. The molecule has 0 atom stereocenters. The van der Waals surface area contributed by atoms with Gasteiger partial charge >= 0.3 is 0 Å². The van der Waals surface area contributed by atoms with E-state index in [1.807, 2.05) is 22.4 Å². The van der Waals surface area contributed by atoms with Crippen LogP contribution in [0.15, 0.2) is 59.4 Å². The summed E-state index contributed by atoms with van der Waals surface area (Å²) in [6.45, 7) is 1.50. The van der Waals surface area contributed by atoms with Crippen molar-refractivity contribution in [3.05, 3.63) is 76.2 Å². The van der Waals surface area contributed by atoms with Crippen molar-refractivity contribution < 1.29 is 19.1 Å². The number of rotatable bonds is 7. The van der Waals surface area contributed by atoms with Gasteiger partial charge in [0.05, 0.1) is 18.3 Å². The highest BCUT2D eigenvalue weighted by atomic mass is 32.1. The molecule has 2 aromatic carbocycles. The first-order chi connectivity index (χ1) is 15.1. The molecule has 6 nitrogen and oxygen atoms in total. The standard InChI is InChI=1S/C24H24N2O4S/c1-29-21-7-5-17(6-8-21)23(27)18-9-11-26(12-10-18)24(28)19-3-2-4-22(13-19)30-14-20-15-31-16-25-20/h2-8,13,15-16,18H,9-12,14H2,1H3. The van der Waals surface area contributed by atoms with Gasteiger partial charge < -0.3 is 14.4 Å². The Morgan fingerprint density at radius 3 is 2.52 bits per heavy atom. The van der Waals surface area contributed by atoms with Crippen molar-refractivity contribution in [2.45, 2.75) is 19.4 Å². The minimum Gasteiger partial charge on any atom is -0.497 e. The number of Topliss-reactive ketones (excluding diaryl/α,β-unsaturated/α-hetero) is 1. The summed E-state index contributed by atoms with van der Waals surface area (Å²) in [4.78, 5) is 31.8. The third-order valence-electron chi connectivity index (χ3n) is 5.48. The summed E-state index contributed by atoms with van der Waals surface area (Å²) in [5.74, 6) is 1.41. The van der Waals surface area contributed by atoms with E-state index < -0.39 is 0 Å². The molecule has 7 heteroatoms. The molecular formula is C24H24N2O4S.